The summed E-state index contributed by atoms with van der Waals surface area (Å²) in [6, 6.07) is 9.12. The number of ether oxygens (including phenoxy) is 2. The van der Waals surface area contributed by atoms with Crippen molar-refractivity contribution < 1.29 is 19.1 Å². The average molecular weight is 347 g/mol. The Balaban J connectivity index is 2.14. The number of hydrogen-bond acceptors (Lipinski definition) is 5. The van der Waals surface area contributed by atoms with E-state index >= 15 is 0 Å². The van der Waals surface area contributed by atoms with Gasteiger partial charge in [0.2, 0.25) is 0 Å². The van der Waals surface area contributed by atoms with Gasteiger partial charge in [-0.2, -0.15) is 0 Å². The minimum Gasteiger partial charge on any atom is -0.481 e. The molecule has 0 spiro atoms. The topological polar surface area (TPSA) is 64.6 Å². The Morgan fingerprint density at radius 2 is 1.88 bits per heavy atom. The number of carbonyl (C=O) groups is 2. The average Bonchev–Trinajstić information content (AvgIpc) is 2.82. The standard InChI is InChI=1S/C18H21NO4S/c1-5-22-18(21)15-11(2)13(4)24-17(15)19-16(20)12(3)23-14-9-7-6-8-10-14/h6-10,12H,5H2,1-4H3,(H,19,20)/t12-/m0/s1. The first-order valence-electron chi connectivity index (χ1n) is 7.73. The van der Waals surface area contributed by atoms with E-state index in [1.54, 1.807) is 26.0 Å². The van der Waals surface area contributed by atoms with Gasteiger partial charge in [-0.1, -0.05) is 18.2 Å². The Morgan fingerprint density at radius 1 is 1.21 bits per heavy atom. The van der Waals surface area contributed by atoms with Crippen LogP contribution in [0.15, 0.2) is 30.3 Å². The first-order valence-corrected chi connectivity index (χ1v) is 8.55. The van der Waals surface area contributed by atoms with Crippen molar-refractivity contribution in [3.05, 3.63) is 46.3 Å². The van der Waals surface area contributed by atoms with Crippen LogP contribution in [0.4, 0.5) is 5.00 Å². The van der Waals surface area contributed by atoms with E-state index in [0.29, 0.717) is 16.3 Å². The predicted molar refractivity (Wildman–Crippen MR) is 94.9 cm³/mol. The molecular formula is C18H21NO4S. The second-order valence-electron chi connectivity index (χ2n) is 5.27. The van der Waals surface area contributed by atoms with Crippen LogP contribution in [-0.4, -0.2) is 24.6 Å². The second kappa shape index (κ2) is 7.97. The third-order valence-electron chi connectivity index (χ3n) is 3.53. The van der Waals surface area contributed by atoms with Crippen molar-refractivity contribution in [1.82, 2.24) is 0 Å². The Kier molecular flexibility index (Phi) is 5.98. The molecule has 2 rings (SSSR count). The van der Waals surface area contributed by atoms with E-state index in [4.69, 9.17) is 9.47 Å². The number of benzene rings is 1. The molecule has 1 aromatic heterocycles. The number of carbonyl (C=O) groups excluding carboxylic acids is 2. The zero-order chi connectivity index (χ0) is 17.7. The van der Waals surface area contributed by atoms with Crippen molar-refractivity contribution >= 4 is 28.2 Å². The summed E-state index contributed by atoms with van der Waals surface area (Å²) in [4.78, 5) is 25.5. The van der Waals surface area contributed by atoms with Crippen molar-refractivity contribution in [2.75, 3.05) is 11.9 Å². The summed E-state index contributed by atoms with van der Waals surface area (Å²) in [6.07, 6.45) is -0.690. The number of rotatable bonds is 6. The highest BCUT2D eigenvalue weighted by atomic mass is 32.1. The van der Waals surface area contributed by atoms with Gasteiger partial charge in [0.1, 0.15) is 10.8 Å². The van der Waals surface area contributed by atoms with E-state index in [0.717, 1.165) is 10.4 Å². The molecule has 1 atom stereocenters. The van der Waals surface area contributed by atoms with Crippen LogP contribution in [0.1, 0.15) is 34.6 Å². The van der Waals surface area contributed by atoms with Crippen LogP contribution < -0.4 is 10.1 Å². The van der Waals surface area contributed by atoms with Gasteiger partial charge in [-0.05, 0) is 45.4 Å². The lowest BCUT2D eigenvalue weighted by Crippen LogP contribution is -2.30. The highest BCUT2D eigenvalue weighted by molar-refractivity contribution is 7.16. The lowest BCUT2D eigenvalue weighted by atomic mass is 10.1. The third kappa shape index (κ3) is 4.14. The number of esters is 1. The van der Waals surface area contributed by atoms with E-state index < -0.39 is 12.1 Å². The van der Waals surface area contributed by atoms with Gasteiger partial charge in [0.15, 0.2) is 6.10 Å². The molecule has 1 heterocycles. The van der Waals surface area contributed by atoms with Gasteiger partial charge in [0.05, 0.1) is 12.2 Å². The maximum atomic E-state index is 12.4. The summed E-state index contributed by atoms with van der Waals surface area (Å²) in [5.74, 6) is -0.124. The van der Waals surface area contributed by atoms with Crippen LogP contribution in [0.5, 0.6) is 5.75 Å². The lowest BCUT2D eigenvalue weighted by molar-refractivity contribution is -0.122. The largest absolute Gasteiger partial charge is 0.481 e. The Hall–Kier alpha value is -2.34. The van der Waals surface area contributed by atoms with Crippen LogP contribution in [-0.2, 0) is 9.53 Å². The maximum Gasteiger partial charge on any atom is 0.341 e. The number of anilines is 1. The minimum absolute atomic E-state index is 0.286. The quantitative estimate of drug-likeness (QED) is 0.804. The SMILES string of the molecule is CCOC(=O)c1c(NC(=O)[C@H](C)Oc2ccccc2)sc(C)c1C. The summed E-state index contributed by atoms with van der Waals surface area (Å²) in [5.41, 5.74) is 1.24. The Morgan fingerprint density at radius 3 is 2.50 bits per heavy atom. The molecular weight excluding hydrogens is 326 g/mol. The third-order valence-corrected chi connectivity index (χ3v) is 4.65. The van der Waals surface area contributed by atoms with Gasteiger partial charge >= 0.3 is 5.97 Å². The highest BCUT2D eigenvalue weighted by Gasteiger charge is 2.24. The summed E-state index contributed by atoms with van der Waals surface area (Å²) in [6.45, 7) is 7.45. The molecule has 0 unspecified atom stereocenters. The molecule has 0 bridgehead atoms. The van der Waals surface area contributed by atoms with Crippen molar-refractivity contribution in [2.45, 2.75) is 33.8 Å². The minimum atomic E-state index is -0.690. The van der Waals surface area contributed by atoms with E-state index in [1.807, 2.05) is 32.0 Å². The summed E-state index contributed by atoms with van der Waals surface area (Å²) >= 11 is 1.36. The van der Waals surface area contributed by atoms with Crippen molar-refractivity contribution in [3.63, 3.8) is 0 Å². The number of nitrogens with one attached hydrogen (secondary N) is 1. The van der Waals surface area contributed by atoms with Gasteiger partial charge in [0.25, 0.3) is 5.91 Å². The molecule has 1 aromatic carbocycles. The number of amides is 1. The van der Waals surface area contributed by atoms with Gasteiger partial charge in [-0.25, -0.2) is 4.79 Å². The number of thiophene rings is 1. The molecule has 1 N–H and O–H groups in total. The molecule has 5 nitrogen and oxygen atoms in total. The first-order chi connectivity index (χ1) is 11.4. The van der Waals surface area contributed by atoms with Crippen LogP contribution in [0.25, 0.3) is 0 Å². The fourth-order valence-corrected chi connectivity index (χ4v) is 3.19. The van der Waals surface area contributed by atoms with Crippen LogP contribution in [0.3, 0.4) is 0 Å². The molecule has 6 heteroatoms. The molecule has 0 radical (unpaired) electrons. The van der Waals surface area contributed by atoms with Crippen LogP contribution in [0.2, 0.25) is 0 Å². The number of aryl methyl sites for hydroxylation is 1. The summed E-state index contributed by atoms with van der Waals surface area (Å²) < 4.78 is 10.7. The van der Waals surface area contributed by atoms with Gasteiger partial charge in [-0.3, -0.25) is 4.79 Å². The Bertz CT molecular complexity index is 724. The van der Waals surface area contributed by atoms with E-state index in [-0.39, 0.29) is 12.5 Å². The van der Waals surface area contributed by atoms with Crippen molar-refractivity contribution in [1.29, 1.82) is 0 Å². The lowest BCUT2D eigenvalue weighted by Gasteiger charge is -2.14. The van der Waals surface area contributed by atoms with Crippen molar-refractivity contribution in [2.24, 2.45) is 0 Å². The fraction of sp³-hybridized carbons (Fsp3) is 0.333. The molecule has 0 aliphatic carbocycles. The zero-order valence-electron chi connectivity index (χ0n) is 14.2. The molecule has 128 valence electrons. The molecule has 0 saturated heterocycles. The first kappa shape index (κ1) is 18.0. The number of hydrogen-bond donors (Lipinski definition) is 1. The second-order valence-corrected chi connectivity index (χ2v) is 6.49. The normalized spacial score (nSPS) is 11.7. The van der Waals surface area contributed by atoms with Crippen LogP contribution >= 0.6 is 11.3 Å². The van der Waals surface area contributed by atoms with Gasteiger partial charge in [0, 0.05) is 4.88 Å². The zero-order valence-corrected chi connectivity index (χ0v) is 15.0. The van der Waals surface area contributed by atoms with Gasteiger partial charge in [-0.15, -0.1) is 11.3 Å². The number of para-hydroxylation sites is 1. The molecule has 1 amide bonds. The van der Waals surface area contributed by atoms with Gasteiger partial charge < -0.3 is 14.8 Å². The highest BCUT2D eigenvalue weighted by Crippen LogP contribution is 2.33. The molecule has 0 saturated carbocycles. The predicted octanol–water partition coefficient (Wildman–Crippen LogP) is 3.95. The maximum absolute atomic E-state index is 12.4. The molecule has 24 heavy (non-hydrogen) atoms. The van der Waals surface area contributed by atoms with Crippen molar-refractivity contribution in [3.8, 4) is 5.75 Å². The smallest absolute Gasteiger partial charge is 0.341 e. The molecule has 0 fully saturated rings. The summed E-state index contributed by atoms with van der Waals surface area (Å²) in [5, 5.41) is 3.28. The molecule has 0 aliphatic rings. The summed E-state index contributed by atoms with van der Waals surface area (Å²) in [7, 11) is 0. The van der Waals surface area contributed by atoms with E-state index in [2.05, 4.69) is 5.32 Å². The fourth-order valence-electron chi connectivity index (χ4n) is 2.13. The van der Waals surface area contributed by atoms with Crippen LogP contribution in [0, 0.1) is 13.8 Å². The van der Waals surface area contributed by atoms with E-state index in [1.165, 1.54) is 11.3 Å². The van der Waals surface area contributed by atoms with E-state index in [9.17, 15) is 9.59 Å². The monoisotopic (exact) mass is 347 g/mol. The molecule has 0 aliphatic heterocycles. The Labute approximate surface area is 145 Å². The molecule has 2 aromatic rings.